The monoisotopic (exact) mass is 451 g/mol. The van der Waals surface area contributed by atoms with Crippen LogP contribution >= 0.6 is 23.6 Å². The van der Waals surface area contributed by atoms with Gasteiger partial charge >= 0.3 is 0 Å². The van der Waals surface area contributed by atoms with Gasteiger partial charge in [0.1, 0.15) is 5.75 Å². The van der Waals surface area contributed by atoms with Gasteiger partial charge in [0, 0.05) is 36.0 Å². The van der Waals surface area contributed by atoms with Gasteiger partial charge in [-0.15, -0.1) is 11.3 Å². The van der Waals surface area contributed by atoms with E-state index in [1.165, 1.54) is 11.3 Å². The molecule has 4 rings (SSSR count). The summed E-state index contributed by atoms with van der Waals surface area (Å²) in [5.41, 5.74) is 3.53. The van der Waals surface area contributed by atoms with Crippen molar-refractivity contribution in [3.8, 4) is 11.6 Å². The average molecular weight is 452 g/mol. The van der Waals surface area contributed by atoms with Crippen LogP contribution in [0.5, 0.6) is 11.6 Å². The Bertz CT molecular complexity index is 1220. The Kier molecular flexibility index (Phi) is 6.29. The highest BCUT2D eigenvalue weighted by Crippen LogP contribution is 2.35. The van der Waals surface area contributed by atoms with Gasteiger partial charge in [0.25, 0.3) is 0 Å². The number of para-hydroxylation sites is 1. The molecular formula is C23H21N3O3S2. The number of hydrogen-bond donors (Lipinski definition) is 2. The van der Waals surface area contributed by atoms with Crippen LogP contribution in [-0.4, -0.2) is 28.4 Å². The number of thiazole rings is 1. The van der Waals surface area contributed by atoms with Crippen LogP contribution in [-0.2, 0) is 11.3 Å². The number of fused-ring (bicyclic) bond motifs is 1. The summed E-state index contributed by atoms with van der Waals surface area (Å²) >= 11 is 6.72. The van der Waals surface area contributed by atoms with Crippen molar-refractivity contribution in [3.05, 3.63) is 62.9 Å². The fourth-order valence-electron chi connectivity index (χ4n) is 3.24. The predicted molar refractivity (Wildman–Crippen MR) is 128 cm³/mol. The minimum Gasteiger partial charge on any atom is -0.494 e. The Balaban J connectivity index is 1.42. The maximum absolute atomic E-state index is 12.3. The lowest BCUT2D eigenvalue weighted by Gasteiger charge is -2.08. The van der Waals surface area contributed by atoms with Gasteiger partial charge in [-0.2, -0.15) is 0 Å². The number of anilines is 1. The molecular weight excluding hydrogens is 430 g/mol. The number of benzene rings is 2. The summed E-state index contributed by atoms with van der Waals surface area (Å²) in [5.74, 6) is 0.661. The minimum absolute atomic E-state index is 0.0640. The number of amides is 1. The number of allylic oxidation sites excluding steroid dienone is 1. The maximum Gasteiger partial charge on any atom is 0.226 e. The standard InChI is InChI=1S/C23H21N3O3S2/c1-2-29-17-9-7-16(8-10-17)25-21(27)11-12-26-22(28)20(31-23(26)30)13-15-14-24-19-6-4-3-5-18(15)19/h3-10,13-14,28H,2,11-12H2,1H3,(H,25,27)/b15-13-. The van der Waals surface area contributed by atoms with E-state index in [-0.39, 0.29) is 24.8 Å². The lowest BCUT2D eigenvalue weighted by atomic mass is 10.1. The van der Waals surface area contributed by atoms with Gasteiger partial charge in [0.05, 0.1) is 17.2 Å². The summed E-state index contributed by atoms with van der Waals surface area (Å²) in [6.45, 7) is 2.80. The molecule has 1 aliphatic heterocycles. The number of hydrogen-bond acceptors (Lipinski definition) is 6. The molecule has 2 heterocycles. The molecule has 2 N–H and O–H groups in total. The fourth-order valence-corrected chi connectivity index (χ4v) is 4.55. The molecule has 3 aromatic rings. The second kappa shape index (κ2) is 9.28. The van der Waals surface area contributed by atoms with Crippen molar-refractivity contribution in [1.82, 2.24) is 4.57 Å². The molecule has 31 heavy (non-hydrogen) atoms. The van der Waals surface area contributed by atoms with Crippen molar-refractivity contribution in [2.75, 3.05) is 11.9 Å². The topological polar surface area (TPSA) is 75.8 Å². The first-order valence-electron chi connectivity index (χ1n) is 9.85. The Labute approximate surface area is 189 Å². The highest BCUT2D eigenvalue weighted by Gasteiger charge is 2.16. The van der Waals surface area contributed by atoms with Crippen LogP contribution < -0.4 is 10.1 Å². The molecule has 6 nitrogen and oxygen atoms in total. The molecule has 1 aromatic heterocycles. The van der Waals surface area contributed by atoms with Crippen LogP contribution in [0.4, 0.5) is 11.4 Å². The molecule has 0 atom stereocenters. The summed E-state index contributed by atoms with van der Waals surface area (Å²) in [4.78, 5) is 17.4. The lowest BCUT2D eigenvalue weighted by molar-refractivity contribution is -0.116. The Morgan fingerprint density at radius 2 is 2.03 bits per heavy atom. The molecule has 1 aliphatic rings. The second-order valence-corrected chi connectivity index (χ2v) is 8.51. The summed E-state index contributed by atoms with van der Waals surface area (Å²) in [5, 5.41) is 13.5. The number of carbonyl (C=O) groups excluding carboxylic acids is 1. The molecule has 0 fully saturated rings. The first kappa shape index (κ1) is 21.0. The van der Waals surface area contributed by atoms with Gasteiger partial charge in [-0.05, 0) is 55.5 Å². The lowest BCUT2D eigenvalue weighted by Crippen LogP contribution is -2.14. The quantitative estimate of drug-likeness (QED) is 0.454. The van der Waals surface area contributed by atoms with E-state index in [0.29, 0.717) is 21.1 Å². The molecule has 0 bridgehead atoms. The fraction of sp³-hybridized carbons (Fsp3) is 0.174. The van der Waals surface area contributed by atoms with Crippen molar-refractivity contribution in [1.29, 1.82) is 0 Å². The maximum atomic E-state index is 12.3. The van der Waals surface area contributed by atoms with E-state index in [1.54, 1.807) is 22.9 Å². The summed E-state index contributed by atoms with van der Waals surface area (Å²) in [6.07, 6.45) is 3.84. The number of carbonyl (C=O) groups is 1. The predicted octanol–water partition coefficient (Wildman–Crippen LogP) is 5.67. The van der Waals surface area contributed by atoms with E-state index in [4.69, 9.17) is 17.0 Å². The third-order valence-electron chi connectivity index (χ3n) is 4.75. The minimum atomic E-state index is -0.159. The van der Waals surface area contributed by atoms with E-state index < -0.39 is 0 Å². The smallest absolute Gasteiger partial charge is 0.226 e. The molecule has 2 aromatic carbocycles. The van der Waals surface area contributed by atoms with Crippen LogP contribution in [0.3, 0.4) is 0 Å². The van der Waals surface area contributed by atoms with Crippen LogP contribution in [0.2, 0.25) is 0 Å². The van der Waals surface area contributed by atoms with Gasteiger partial charge < -0.3 is 15.2 Å². The number of rotatable bonds is 7. The van der Waals surface area contributed by atoms with Crippen LogP contribution in [0.1, 0.15) is 23.8 Å². The molecule has 0 aliphatic carbocycles. The third kappa shape index (κ3) is 4.76. The normalized spacial score (nSPS) is 13.4. The van der Waals surface area contributed by atoms with Crippen molar-refractivity contribution in [2.45, 2.75) is 19.9 Å². The highest BCUT2D eigenvalue weighted by atomic mass is 32.1. The van der Waals surface area contributed by atoms with E-state index >= 15 is 0 Å². The molecule has 0 saturated carbocycles. The van der Waals surface area contributed by atoms with Crippen LogP contribution in [0, 0.1) is 3.95 Å². The number of aromatic nitrogens is 1. The average Bonchev–Trinajstić information content (AvgIpc) is 3.29. The van der Waals surface area contributed by atoms with Crippen molar-refractivity contribution in [2.24, 2.45) is 4.99 Å². The van der Waals surface area contributed by atoms with Gasteiger partial charge in [0.2, 0.25) is 11.8 Å². The van der Waals surface area contributed by atoms with Gasteiger partial charge in [-0.1, -0.05) is 18.2 Å². The highest BCUT2D eigenvalue weighted by molar-refractivity contribution is 7.73. The molecule has 158 valence electrons. The summed E-state index contributed by atoms with van der Waals surface area (Å²) in [6, 6.07) is 15.0. The molecule has 1 amide bonds. The molecule has 0 radical (unpaired) electrons. The molecule has 0 unspecified atom stereocenters. The zero-order valence-electron chi connectivity index (χ0n) is 16.9. The summed E-state index contributed by atoms with van der Waals surface area (Å²) in [7, 11) is 0. The summed E-state index contributed by atoms with van der Waals surface area (Å²) < 4.78 is 7.50. The van der Waals surface area contributed by atoms with Gasteiger partial charge in [-0.25, -0.2) is 0 Å². The zero-order valence-corrected chi connectivity index (χ0v) is 18.5. The third-order valence-corrected chi connectivity index (χ3v) is 6.14. The largest absolute Gasteiger partial charge is 0.494 e. The van der Waals surface area contributed by atoms with E-state index in [1.807, 2.05) is 49.4 Å². The number of nitrogens with zero attached hydrogens (tertiary/aromatic N) is 2. The first-order valence-corrected chi connectivity index (χ1v) is 11.1. The van der Waals surface area contributed by atoms with Crippen molar-refractivity contribution < 1.29 is 14.6 Å². The van der Waals surface area contributed by atoms with E-state index in [0.717, 1.165) is 22.6 Å². The van der Waals surface area contributed by atoms with Gasteiger partial charge in [-0.3, -0.25) is 14.4 Å². The number of ether oxygens (including phenoxy) is 1. The number of aromatic hydroxyl groups is 1. The van der Waals surface area contributed by atoms with Crippen LogP contribution in [0.15, 0.2) is 53.5 Å². The zero-order chi connectivity index (χ0) is 21.8. The van der Waals surface area contributed by atoms with Crippen molar-refractivity contribution >= 4 is 58.7 Å². The number of aliphatic imine (C=N–C) groups is 1. The first-order chi connectivity index (χ1) is 15.0. The second-order valence-electron chi connectivity index (χ2n) is 6.84. The SMILES string of the molecule is CCOc1ccc(NC(=O)CCn2c(O)c(/C=C3/C=Nc4ccccc43)sc2=S)cc1. The van der Waals surface area contributed by atoms with Gasteiger partial charge in [0.15, 0.2) is 3.95 Å². The Hall–Kier alpha value is -3.23. The van der Waals surface area contributed by atoms with E-state index in [9.17, 15) is 9.90 Å². The molecule has 8 heteroatoms. The van der Waals surface area contributed by atoms with Crippen LogP contribution in [0.25, 0.3) is 11.6 Å². The van der Waals surface area contributed by atoms with Crippen molar-refractivity contribution in [3.63, 3.8) is 0 Å². The van der Waals surface area contributed by atoms with E-state index in [2.05, 4.69) is 10.3 Å². The molecule has 0 spiro atoms. The Morgan fingerprint density at radius 3 is 2.81 bits per heavy atom. The Morgan fingerprint density at radius 1 is 1.26 bits per heavy atom. The molecule has 0 saturated heterocycles. The number of nitrogens with one attached hydrogen (secondary N) is 1.